The Hall–Kier alpha value is -3.00. The lowest BCUT2D eigenvalue weighted by Gasteiger charge is -2.08. The summed E-state index contributed by atoms with van der Waals surface area (Å²) in [5, 5.41) is 30.7. The van der Waals surface area contributed by atoms with Crippen molar-refractivity contribution in [2.24, 2.45) is 0 Å². The summed E-state index contributed by atoms with van der Waals surface area (Å²) >= 11 is 1.36. The van der Waals surface area contributed by atoms with Crippen LogP contribution in [0.15, 0.2) is 46.9 Å². The zero-order valence-corrected chi connectivity index (χ0v) is 14.4. The quantitative estimate of drug-likeness (QED) is 0.206. The van der Waals surface area contributed by atoms with Crippen molar-refractivity contribution in [3.05, 3.63) is 63.2 Å². The van der Waals surface area contributed by atoms with E-state index in [0.717, 1.165) is 4.90 Å². The third kappa shape index (κ3) is 3.97. The number of ether oxygens (including phenoxy) is 1. The van der Waals surface area contributed by atoms with Crippen LogP contribution in [0.25, 0.3) is 6.08 Å². The Kier molecular flexibility index (Phi) is 5.13. The fourth-order valence-electron chi connectivity index (χ4n) is 2.50. The molecule has 1 aliphatic heterocycles. The van der Waals surface area contributed by atoms with Gasteiger partial charge in [0.2, 0.25) is 0 Å². The number of hydrogen-bond acceptors (Lipinski definition) is 7. The van der Waals surface area contributed by atoms with Gasteiger partial charge in [-0.2, -0.15) is 0 Å². The summed E-state index contributed by atoms with van der Waals surface area (Å²) in [5.74, 6) is -0.529. The number of benzene rings is 2. The van der Waals surface area contributed by atoms with E-state index in [1.807, 2.05) is 0 Å². The van der Waals surface area contributed by atoms with Crippen molar-refractivity contribution < 1.29 is 24.7 Å². The molecule has 0 spiro atoms. The topological polar surface area (TPSA) is 110 Å². The van der Waals surface area contributed by atoms with Gasteiger partial charge in [-0.05, 0) is 35.9 Å². The number of cyclic esters (lactones) is 1. The molecular formula is C18H15NO6S. The molecule has 0 aliphatic carbocycles. The molecule has 2 N–H and O–H groups in total. The predicted octanol–water partition coefficient (Wildman–Crippen LogP) is 3.63. The maximum absolute atomic E-state index is 11.5. The van der Waals surface area contributed by atoms with Crippen LogP contribution in [0.2, 0.25) is 0 Å². The third-order valence-electron chi connectivity index (χ3n) is 3.84. The number of phenols is 2. The van der Waals surface area contributed by atoms with Gasteiger partial charge in [0.1, 0.15) is 0 Å². The molecule has 0 aromatic heterocycles. The van der Waals surface area contributed by atoms with Crippen LogP contribution >= 0.6 is 11.8 Å². The summed E-state index contributed by atoms with van der Waals surface area (Å²) in [7, 11) is 0. The van der Waals surface area contributed by atoms with E-state index in [0.29, 0.717) is 35.5 Å². The first-order chi connectivity index (χ1) is 12.4. The Morgan fingerprint density at radius 1 is 1.23 bits per heavy atom. The molecule has 134 valence electrons. The van der Waals surface area contributed by atoms with Crippen LogP contribution in [0.5, 0.6) is 11.5 Å². The van der Waals surface area contributed by atoms with E-state index in [4.69, 9.17) is 4.74 Å². The van der Waals surface area contributed by atoms with Crippen LogP contribution in [-0.2, 0) is 15.3 Å². The minimum atomic E-state index is -0.469. The number of nitro benzene ring substituents is 1. The lowest BCUT2D eigenvalue weighted by Crippen LogP contribution is -1.94. The third-order valence-corrected chi connectivity index (χ3v) is 4.90. The molecule has 0 amide bonds. The standard InChI is InChI=1S/C18H15NO6S/c20-16-9-11(7-12-5-6-25-18(12)22)8-13(17(16)21)10-26-15-3-1-14(2-4-15)19(23)24/h1-4,7-9,20-21H,5-6,10H2/b12-7+. The van der Waals surface area contributed by atoms with E-state index in [9.17, 15) is 25.1 Å². The van der Waals surface area contributed by atoms with E-state index in [2.05, 4.69) is 0 Å². The number of hydrogen-bond donors (Lipinski definition) is 2. The minimum Gasteiger partial charge on any atom is -0.504 e. The van der Waals surface area contributed by atoms with E-state index in [1.54, 1.807) is 24.3 Å². The van der Waals surface area contributed by atoms with Crippen LogP contribution in [-0.4, -0.2) is 27.7 Å². The molecule has 0 atom stereocenters. The second-order valence-corrected chi connectivity index (χ2v) is 6.69. The molecule has 0 radical (unpaired) electrons. The number of aromatic hydroxyl groups is 2. The van der Waals surface area contributed by atoms with Crippen molar-refractivity contribution in [2.45, 2.75) is 17.1 Å². The summed E-state index contributed by atoms with van der Waals surface area (Å²) in [6.45, 7) is 0.345. The number of nitro groups is 1. The van der Waals surface area contributed by atoms with Crippen molar-refractivity contribution in [3.8, 4) is 11.5 Å². The van der Waals surface area contributed by atoms with Gasteiger partial charge in [0, 0.05) is 40.3 Å². The average Bonchev–Trinajstić information content (AvgIpc) is 3.02. The lowest BCUT2D eigenvalue weighted by atomic mass is 10.1. The van der Waals surface area contributed by atoms with Gasteiger partial charge in [0.15, 0.2) is 11.5 Å². The number of carbonyl (C=O) groups excluding carboxylic acids is 1. The van der Waals surface area contributed by atoms with Gasteiger partial charge in [-0.3, -0.25) is 10.1 Å². The van der Waals surface area contributed by atoms with Gasteiger partial charge in [-0.25, -0.2) is 4.79 Å². The monoisotopic (exact) mass is 373 g/mol. The van der Waals surface area contributed by atoms with Crippen LogP contribution in [0.4, 0.5) is 5.69 Å². The lowest BCUT2D eigenvalue weighted by molar-refractivity contribution is -0.384. The molecule has 8 heteroatoms. The van der Waals surface area contributed by atoms with Crippen molar-refractivity contribution in [1.82, 2.24) is 0 Å². The Morgan fingerprint density at radius 2 is 1.96 bits per heavy atom. The molecule has 0 unspecified atom stereocenters. The van der Waals surface area contributed by atoms with E-state index >= 15 is 0 Å². The summed E-state index contributed by atoms with van der Waals surface area (Å²) < 4.78 is 4.88. The summed E-state index contributed by atoms with van der Waals surface area (Å²) in [4.78, 5) is 22.5. The minimum absolute atomic E-state index is 0.00640. The molecule has 2 aromatic rings. The molecule has 1 heterocycles. The second-order valence-electron chi connectivity index (χ2n) is 5.64. The van der Waals surface area contributed by atoms with Crippen LogP contribution in [0, 0.1) is 10.1 Å². The Labute approximate surface area is 153 Å². The zero-order valence-electron chi connectivity index (χ0n) is 13.5. The van der Waals surface area contributed by atoms with Crippen molar-refractivity contribution in [2.75, 3.05) is 6.61 Å². The first kappa shape index (κ1) is 17.8. The number of esters is 1. The van der Waals surface area contributed by atoms with Crippen LogP contribution in [0.1, 0.15) is 17.5 Å². The highest BCUT2D eigenvalue weighted by atomic mass is 32.2. The fraction of sp³-hybridized carbons (Fsp3) is 0.167. The zero-order chi connectivity index (χ0) is 18.7. The molecule has 0 bridgehead atoms. The highest BCUT2D eigenvalue weighted by Crippen LogP contribution is 2.36. The smallest absolute Gasteiger partial charge is 0.334 e. The number of thioether (sulfide) groups is 1. The highest BCUT2D eigenvalue weighted by Gasteiger charge is 2.19. The molecule has 1 saturated heterocycles. The first-order valence-corrected chi connectivity index (χ1v) is 8.72. The van der Waals surface area contributed by atoms with Crippen LogP contribution < -0.4 is 0 Å². The van der Waals surface area contributed by atoms with Gasteiger partial charge in [-0.1, -0.05) is 0 Å². The number of rotatable bonds is 5. The first-order valence-electron chi connectivity index (χ1n) is 7.74. The van der Waals surface area contributed by atoms with E-state index in [-0.39, 0.29) is 23.2 Å². The molecule has 3 rings (SSSR count). The van der Waals surface area contributed by atoms with Gasteiger partial charge >= 0.3 is 5.97 Å². The van der Waals surface area contributed by atoms with Crippen molar-refractivity contribution >= 4 is 29.5 Å². The molecule has 0 saturated carbocycles. The molecule has 1 aliphatic rings. The molecule has 1 fully saturated rings. The normalized spacial score (nSPS) is 15.2. The number of nitrogens with zero attached hydrogens (tertiary/aromatic N) is 1. The molecular weight excluding hydrogens is 358 g/mol. The number of carbonyl (C=O) groups is 1. The maximum atomic E-state index is 11.5. The summed E-state index contributed by atoms with van der Waals surface area (Å²) in [6.07, 6.45) is 2.14. The van der Waals surface area contributed by atoms with Gasteiger partial charge in [0.05, 0.1) is 11.5 Å². The molecule has 7 nitrogen and oxygen atoms in total. The summed E-state index contributed by atoms with van der Waals surface area (Å²) in [6, 6.07) is 9.14. The van der Waals surface area contributed by atoms with Gasteiger partial charge in [-0.15, -0.1) is 11.8 Å². The van der Waals surface area contributed by atoms with Crippen LogP contribution in [0.3, 0.4) is 0 Å². The predicted molar refractivity (Wildman–Crippen MR) is 96.0 cm³/mol. The average molecular weight is 373 g/mol. The Morgan fingerprint density at radius 3 is 2.58 bits per heavy atom. The van der Waals surface area contributed by atoms with Crippen molar-refractivity contribution in [1.29, 1.82) is 0 Å². The number of non-ortho nitro benzene ring substituents is 1. The second kappa shape index (κ2) is 7.49. The van der Waals surface area contributed by atoms with E-state index < -0.39 is 4.92 Å². The maximum Gasteiger partial charge on any atom is 0.334 e. The molecule has 2 aromatic carbocycles. The summed E-state index contributed by atoms with van der Waals surface area (Å²) in [5.41, 5.74) is 1.61. The van der Waals surface area contributed by atoms with E-state index in [1.165, 1.54) is 30.0 Å². The fourth-order valence-corrected chi connectivity index (χ4v) is 3.37. The number of phenolic OH excluding ortho intramolecular Hbond substituents is 2. The van der Waals surface area contributed by atoms with Gasteiger partial charge < -0.3 is 14.9 Å². The van der Waals surface area contributed by atoms with Crippen molar-refractivity contribution in [3.63, 3.8) is 0 Å². The largest absolute Gasteiger partial charge is 0.504 e. The molecule has 26 heavy (non-hydrogen) atoms. The highest BCUT2D eigenvalue weighted by molar-refractivity contribution is 7.98. The van der Waals surface area contributed by atoms with Gasteiger partial charge in [0.25, 0.3) is 5.69 Å². The Bertz CT molecular complexity index is 891. The SMILES string of the molecule is O=C1OCC/C1=C\c1cc(O)c(O)c(CSc2ccc([N+](=O)[O-])cc2)c1. The Balaban J connectivity index is 1.78.